The minimum absolute atomic E-state index is 0.0907. The van der Waals surface area contributed by atoms with Gasteiger partial charge in [0.2, 0.25) is 29.5 Å². The molecule has 0 heterocycles. The van der Waals surface area contributed by atoms with Crippen molar-refractivity contribution in [3.8, 4) is 0 Å². The molecule has 0 aliphatic rings. The summed E-state index contributed by atoms with van der Waals surface area (Å²) in [4.78, 5) is 108. The van der Waals surface area contributed by atoms with Crippen LogP contribution in [-0.2, 0) is 62.1 Å². The molecule has 23 nitrogen and oxygen atoms in total. The van der Waals surface area contributed by atoms with Gasteiger partial charge in [-0.1, -0.05) is 77.0 Å². The van der Waals surface area contributed by atoms with Crippen LogP contribution < -0.4 is 26.6 Å². The first-order valence-electron chi connectivity index (χ1n) is 24.3. The van der Waals surface area contributed by atoms with Crippen LogP contribution in [0.25, 0.3) is 0 Å². The lowest BCUT2D eigenvalue weighted by Gasteiger charge is -2.18. The third-order valence-electron chi connectivity index (χ3n) is 10.4. The Kier molecular flexibility index (Phi) is 40.0. The van der Waals surface area contributed by atoms with Gasteiger partial charge in [-0.25, -0.2) is 14.4 Å². The van der Waals surface area contributed by atoms with Crippen LogP contribution in [0.15, 0.2) is 0 Å². The van der Waals surface area contributed by atoms with Gasteiger partial charge in [-0.15, -0.1) is 0 Å². The standard InChI is InChI=1S/C46H81N5O18/c1-34(52)32-68-30-28-67-27-25-48-42(57)33-69-31-29-66-26-24-47-38(53)21-18-35(44(60)61)50-40(55)23-20-37(46(64)65)51-41(56)22-19-36(45(62)63)49-39(54)16-14-12-10-8-6-4-2-3-5-7-9-11-13-15-17-43(58)59/h34-37,52H,2-33H2,1H3,(H,47,53)(H,48,57)(H,49,54)(H,50,55)(H,51,56)(H,58,59)(H,60,61)(H,62,63)(H,64,65)/t34?,35-,36-,37-/m0/s1. The van der Waals surface area contributed by atoms with Crippen LogP contribution >= 0.6 is 0 Å². The number of ether oxygens (including phenoxy) is 4. The highest BCUT2D eigenvalue weighted by molar-refractivity contribution is 5.87. The van der Waals surface area contributed by atoms with Crippen LogP contribution in [0.1, 0.15) is 148 Å². The Bertz CT molecular complexity index is 1490. The number of unbranched alkanes of at least 4 members (excludes halogenated alkanes) is 13. The van der Waals surface area contributed by atoms with E-state index in [1.807, 2.05) is 0 Å². The molecule has 0 spiro atoms. The lowest BCUT2D eigenvalue weighted by Crippen LogP contribution is -2.45. The Balaban J connectivity index is 4.24. The summed E-state index contributed by atoms with van der Waals surface area (Å²) < 4.78 is 21.0. The predicted molar refractivity (Wildman–Crippen MR) is 249 cm³/mol. The molecule has 1 unspecified atom stereocenters. The molecule has 0 rings (SSSR count). The number of hydrogen-bond acceptors (Lipinski definition) is 14. The highest BCUT2D eigenvalue weighted by Crippen LogP contribution is 2.14. The second-order valence-corrected chi connectivity index (χ2v) is 16.7. The summed E-state index contributed by atoms with van der Waals surface area (Å²) in [6.07, 6.45) is 11.8. The van der Waals surface area contributed by atoms with Crippen LogP contribution in [0, 0.1) is 0 Å². The second-order valence-electron chi connectivity index (χ2n) is 16.7. The monoisotopic (exact) mass is 992 g/mol. The first-order valence-corrected chi connectivity index (χ1v) is 24.3. The van der Waals surface area contributed by atoms with Gasteiger partial charge < -0.3 is 71.1 Å². The van der Waals surface area contributed by atoms with Crippen molar-refractivity contribution in [1.82, 2.24) is 26.6 Å². The number of aliphatic hydroxyl groups is 1. The van der Waals surface area contributed by atoms with E-state index in [0.717, 1.165) is 57.8 Å². The third-order valence-corrected chi connectivity index (χ3v) is 10.4. The van der Waals surface area contributed by atoms with Crippen molar-refractivity contribution < 1.29 is 87.6 Å². The molecule has 4 atom stereocenters. The Morgan fingerprint density at radius 2 is 0.725 bits per heavy atom. The zero-order valence-corrected chi connectivity index (χ0v) is 40.5. The van der Waals surface area contributed by atoms with Gasteiger partial charge in [-0.3, -0.25) is 28.8 Å². The van der Waals surface area contributed by atoms with Gasteiger partial charge in [0.15, 0.2) is 0 Å². The largest absolute Gasteiger partial charge is 0.481 e. The SMILES string of the molecule is CC(O)COCCOCCNC(=O)COCCOCCNC(=O)CC[C@H](NC(=O)CC[C@H](NC(=O)CC[C@H](NC(=O)CCCCCCCCCCCCCCCCC(=O)O)C(=O)O)C(=O)O)C(=O)O. The molecule has 0 aromatic rings. The minimum atomic E-state index is -1.56. The van der Waals surface area contributed by atoms with Crippen molar-refractivity contribution in [3.05, 3.63) is 0 Å². The van der Waals surface area contributed by atoms with E-state index in [4.69, 9.17) is 29.2 Å². The van der Waals surface area contributed by atoms with E-state index in [1.54, 1.807) is 6.92 Å². The van der Waals surface area contributed by atoms with Crippen LogP contribution in [0.5, 0.6) is 0 Å². The van der Waals surface area contributed by atoms with E-state index >= 15 is 0 Å². The van der Waals surface area contributed by atoms with Gasteiger partial charge in [0.1, 0.15) is 24.7 Å². The molecule has 0 aliphatic carbocycles. The number of rotatable bonds is 48. The summed E-state index contributed by atoms with van der Waals surface area (Å²) >= 11 is 0. The molecule has 69 heavy (non-hydrogen) atoms. The number of nitrogens with one attached hydrogen (secondary N) is 5. The Labute approximate surface area is 405 Å². The number of hydrogen-bond donors (Lipinski definition) is 10. The summed E-state index contributed by atoms with van der Waals surface area (Å²) in [7, 11) is 0. The number of aliphatic carboxylic acids is 4. The van der Waals surface area contributed by atoms with Crippen molar-refractivity contribution in [2.45, 2.75) is 172 Å². The molecule has 0 saturated carbocycles. The topological polar surface area (TPSA) is 352 Å². The Morgan fingerprint density at radius 3 is 1.12 bits per heavy atom. The maximum Gasteiger partial charge on any atom is 0.326 e. The van der Waals surface area contributed by atoms with E-state index in [2.05, 4.69) is 26.6 Å². The molecule has 0 aromatic carbocycles. The summed E-state index contributed by atoms with van der Waals surface area (Å²) in [5.41, 5.74) is 0. The van der Waals surface area contributed by atoms with Crippen LogP contribution in [0.2, 0.25) is 0 Å². The smallest absolute Gasteiger partial charge is 0.326 e. The minimum Gasteiger partial charge on any atom is -0.481 e. The molecule has 5 amide bonds. The summed E-state index contributed by atoms with van der Waals surface area (Å²) in [6.45, 7) is 3.28. The first-order chi connectivity index (χ1) is 33.0. The molecule has 0 aliphatic heterocycles. The molecule has 398 valence electrons. The number of aliphatic hydroxyl groups excluding tert-OH is 1. The number of carbonyl (C=O) groups excluding carboxylic acids is 5. The van der Waals surface area contributed by atoms with Gasteiger partial charge in [-0.2, -0.15) is 0 Å². The Morgan fingerprint density at radius 1 is 0.391 bits per heavy atom. The fourth-order valence-electron chi connectivity index (χ4n) is 6.60. The maximum atomic E-state index is 12.6. The number of carboxylic acid groups (broad SMARTS) is 4. The molecule has 0 saturated heterocycles. The van der Waals surface area contributed by atoms with E-state index in [9.17, 15) is 58.5 Å². The van der Waals surface area contributed by atoms with E-state index in [1.165, 1.54) is 25.7 Å². The van der Waals surface area contributed by atoms with Crippen molar-refractivity contribution >= 4 is 53.4 Å². The number of carboxylic acids is 4. The summed E-state index contributed by atoms with van der Waals surface area (Å²) in [5, 5.41) is 58.6. The van der Waals surface area contributed by atoms with Gasteiger partial charge in [0.05, 0.1) is 52.4 Å². The van der Waals surface area contributed by atoms with E-state index < -0.39 is 91.0 Å². The van der Waals surface area contributed by atoms with Crippen molar-refractivity contribution in [2.24, 2.45) is 0 Å². The number of amides is 5. The first kappa shape index (κ1) is 64.0. The fraction of sp³-hybridized carbons (Fsp3) is 0.804. The van der Waals surface area contributed by atoms with Crippen LogP contribution in [0.3, 0.4) is 0 Å². The van der Waals surface area contributed by atoms with Crippen molar-refractivity contribution in [1.29, 1.82) is 0 Å². The normalized spacial score (nSPS) is 12.8. The number of carbonyl (C=O) groups is 9. The van der Waals surface area contributed by atoms with Gasteiger partial charge in [0.25, 0.3) is 0 Å². The zero-order chi connectivity index (χ0) is 51.5. The molecule has 10 N–H and O–H groups in total. The summed E-state index contributed by atoms with van der Waals surface area (Å²) in [5.74, 6) is -8.00. The van der Waals surface area contributed by atoms with Crippen molar-refractivity contribution in [2.75, 3.05) is 65.9 Å². The van der Waals surface area contributed by atoms with E-state index in [0.29, 0.717) is 19.6 Å². The average Bonchev–Trinajstić information content (AvgIpc) is 3.28. The molecule has 0 bridgehead atoms. The average molecular weight is 992 g/mol. The highest BCUT2D eigenvalue weighted by Gasteiger charge is 2.26. The van der Waals surface area contributed by atoms with Gasteiger partial charge in [0, 0.05) is 45.2 Å². The zero-order valence-electron chi connectivity index (χ0n) is 40.5. The third kappa shape index (κ3) is 41.7. The van der Waals surface area contributed by atoms with Gasteiger partial charge >= 0.3 is 23.9 Å². The second kappa shape index (κ2) is 43.1. The lowest BCUT2D eigenvalue weighted by molar-refractivity contribution is -0.144. The summed E-state index contributed by atoms with van der Waals surface area (Å²) in [6, 6.07) is -4.41. The van der Waals surface area contributed by atoms with Crippen LogP contribution in [0.4, 0.5) is 0 Å². The molecule has 0 radical (unpaired) electrons. The molecule has 0 aromatic heterocycles. The van der Waals surface area contributed by atoms with Crippen molar-refractivity contribution in [3.63, 3.8) is 0 Å². The van der Waals surface area contributed by atoms with Gasteiger partial charge in [-0.05, 0) is 39.0 Å². The van der Waals surface area contributed by atoms with E-state index in [-0.39, 0.29) is 90.7 Å². The van der Waals surface area contributed by atoms with Crippen LogP contribution in [-0.4, -0.2) is 169 Å². The highest BCUT2D eigenvalue weighted by atomic mass is 16.5. The molecular formula is C46H81N5O18. The molecular weight excluding hydrogens is 911 g/mol. The fourth-order valence-corrected chi connectivity index (χ4v) is 6.60. The quantitative estimate of drug-likeness (QED) is 0.0390. The molecule has 23 heteroatoms. The predicted octanol–water partition coefficient (Wildman–Crippen LogP) is 2.04. The Hall–Kier alpha value is -4.97. The molecule has 0 fully saturated rings. The lowest BCUT2D eigenvalue weighted by atomic mass is 10.0. The maximum absolute atomic E-state index is 12.6.